The van der Waals surface area contributed by atoms with Gasteiger partial charge in [-0.1, -0.05) is 25.8 Å². The lowest BCUT2D eigenvalue weighted by molar-refractivity contribution is 0.257. The Labute approximate surface area is 121 Å². The zero-order valence-corrected chi connectivity index (χ0v) is 12.7. The van der Waals surface area contributed by atoms with Gasteiger partial charge in [0.05, 0.1) is 0 Å². The second-order valence-electron chi connectivity index (χ2n) is 6.02. The molecule has 1 aromatic carbocycles. The van der Waals surface area contributed by atoms with Gasteiger partial charge in [0.25, 0.3) is 0 Å². The molecule has 2 rings (SSSR count). The Hall–Kier alpha value is -0.560. The van der Waals surface area contributed by atoms with E-state index in [4.69, 9.17) is 11.6 Å². The van der Waals surface area contributed by atoms with E-state index in [9.17, 15) is 4.39 Å². The van der Waals surface area contributed by atoms with Gasteiger partial charge in [-0.15, -0.1) is 11.6 Å². The maximum absolute atomic E-state index is 13.4. The van der Waals surface area contributed by atoms with Crippen molar-refractivity contribution in [3.05, 3.63) is 35.1 Å². The summed E-state index contributed by atoms with van der Waals surface area (Å²) >= 11 is 6.50. The zero-order chi connectivity index (χ0) is 13.8. The summed E-state index contributed by atoms with van der Waals surface area (Å²) < 4.78 is 13.4. The van der Waals surface area contributed by atoms with Crippen molar-refractivity contribution in [2.24, 2.45) is 11.8 Å². The molecule has 1 saturated carbocycles. The molecule has 0 bridgehead atoms. The first-order valence-corrected chi connectivity index (χ1v) is 7.93. The second kappa shape index (κ2) is 6.74. The van der Waals surface area contributed by atoms with E-state index in [1.807, 2.05) is 6.07 Å². The molecule has 0 amide bonds. The highest BCUT2D eigenvalue weighted by Gasteiger charge is 2.29. The summed E-state index contributed by atoms with van der Waals surface area (Å²) in [6, 6.07) is 5.10. The van der Waals surface area contributed by atoms with Gasteiger partial charge in [-0.25, -0.2) is 4.39 Å². The Bertz CT molecular complexity index is 416. The van der Waals surface area contributed by atoms with Crippen LogP contribution >= 0.6 is 11.6 Å². The Morgan fingerprint density at radius 2 is 2.11 bits per heavy atom. The predicted molar refractivity (Wildman–Crippen MR) is 80.2 cm³/mol. The monoisotopic (exact) mass is 282 g/mol. The number of hydrogen-bond donors (Lipinski definition) is 0. The molecule has 3 atom stereocenters. The third kappa shape index (κ3) is 3.95. The van der Waals surface area contributed by atoms with E-state index in [2.05, 4.69) is 13.8 Å². The first-order chi connectivity index (χ1) is 9.10. The molecular formula is C17H24ClF. The minimum absolute atomic E-state index is 0.132. The Balaban J connectivity index is 2.05. The molecule has 0 aliphatic heterocycles. The van der Waals surface area contributed by atoms with Crippen LogP contribution in [0.1, 0.15) is 50.2 Å². The zero-order valence-electron chi connectivity index (χ0n) is 12.0. The molecule has 0 aromatic heterocycles. The normalized spacial score (nSPS) is 27.5. The van der Waals surface area contributed by atoms with Crippen LogP contribution in [0.15, 0.2) is 18.2 Å². The van der Waals surface area contributed by atoms with Gasteiger partial charge in [0.2, 0.25) is 0 Å². The van der Waals surface area contributed by atoms with Crippen LogP contribution < -0.4 is 0 Å². The molecule has 0 N–H and O–H groups in total. The van der Waals surface area contributed by atoms with E-state index in [-0.39, 0.29) is 11.2 Å². The molecule has 106 valence electrons. The fourth-order valence-corrected chi connectivity index (χ4v) is 3.67. The summed E-state index contributed by atoms with van der Waals surface area (Å²) in [5, 5.41) is 0.260. The third-order valence-corrected chi connectivity index (χ3v) is 5.06. The SMILES string of the molecule is CCCC1CCC(Cl)C(Cc2cc(F)ccc2C)C1. The molecule has 0 radical (unpaired) electrons. The van der Waals surface area contributed by atoms with Crippen molar-refractivity contribution in [1.82, 2.24) is 0 Å². The molecule has 0 spiro atoms. The summed E-state index contributed by atoms with van der Waals surface area (Å²) in [5.74, 6) is 1.19. The molecule has 1 fully saturated rings. The van der Waals surface area contributed by atoms with Crippen LogP contribution in [0.5, 0.6) is 0 Å². The van der Waals surface area contributed by atoms with Crippen molar-refractivity contribution in [2.45, 2.75) is 57.7 Å². The standard InChI is InChI=1S/C17H24ClF/c1-3-4-13-6-8-17(18)15(9-13)10-14-11-16(19)7-5-12(14)2/h5,7,11,13,15,17H,3-4,6,8-10H2,1-2H3. The minimum Gasteiger partial charge on any atom is -0.207 e. The van der Waals surface area contributed by atoms with Crippen molar-refractivity contribution < 1.29 is 4.39 Å². The fourth-order valence-electron chi connectivity index (χ4n) is 3.35. The first kappa shape index (κ1) is 14.8. The van der Waals surface area contributed by atoms with Gasteiger partial charge in [-0.2, -0.15) is 0 Å². The summed E-state index contributed by atoms with van der Waals surface area (Å²) in [4.78, 5) is 0. The second-order valence-corrected chi connectivity index (χ2v) is 6.58. The first-order valence-electron chi connectivity index (χ1n) is 7.49. The predicted octanol–water partition coefficient (Wildman–Crippen LogP) is 5.50. The molecule has 2 heteroatoms. The molecule has 0 heterocycles. The van der Waals surface area contributed by atoms with Crippen LogP contribution in [-0.2, 0) is 6.42 Å². The summed E-state index contributed by atoms with van der Waals surface area (Å²) in [5.41, 5.74) is 2.32. The maximum Gasteiger partial charge on any atom is 0.123 e. The van der Waals surface area contributed by atoms with E-state index in [0.29, 0.717) is 5.92 Å². The summed E-state index contributed by atoms with van der Waals surface area (Å²) in [7, 11) is 0. The number of rotatable bonds is 4. The molecule has 1 aliphatic rings. The topological polar surface area (TPSA) is 0 Å². The van der Waals surface area contributed by atoms with E-state index in [0.717, 1.165) is 24.3 Å². The number of hydrogen-bond acceptors (Lipinski definition) is 0. The highest BCUT2D eigenvalue weighted by molar-refractivity contribution is 6.20. The Morgan fingerprint density at radius 1 is 1.32 bits per heavy atom. The van der Waals surface area contributed by atoms with Crippen LogP contribution in [0.2, 0.25) is 0 Å². The van der Waals surface area contributed by atoms with Crippen molar-refractivity contribution >= 4 is 11.6 Å². The smallest absolute Gasteiger partial charge is 0.123 e. The number of aryl methyl sites for hydroxylation is 1. The Kier molecular flexibility index (Phi) is 5.27. The molecule has 0 nitrogen and oxygen atoms in total. The lowest BCUT2D eigenvalue weighted by Gasteiger charge is -2.33. The molecule has 0 saturated heterocycles. The number of alkyl halides is 1. The van der Waals surface area contributed by atoms with E-state index in [1.54, 1.807) is 6.07 Å². The lowest BCUT2D eigenvalue weighted by Crippen LogP contribution is -2.27. The van der Waals surface area contributed by atoms with Gasteiger partial charge in [0.15, 0.2) is 0 Å². The van der Waals surface area contributed by atoms with Crippen molar-refractivity contribution in [1.29, 1.82) is 0 Å². The van der Waals surface area contributed by atoms with Gasteiger partial charge >= 0.3 is 0 Å². The van der Waals surface area contributed by atoms with E-state index < -0.39 is 0 Å². The molecule has 1 aromatic rings. The van der Waals surface area contributed by atoms with Gasteiger partial charge < -0.3 is 0 Å². The van der Waals surface area contributed by atoms with Crippen LogP contribution in [-0.4, -0.2) is 5.38 Å². The average molecular weight is 283 g/mol. The van der Waals surface area contributed by atoms with Crippen LogP contribution in [0.4, 0.5) is 4.39 Å². The molecule has 19 heavy (non-hydrogen) atoms. The van der Waals surface area contributed by atoms with Gasteiger partial charge in [-0.05, 0) is 67.7 Å². The van der Waals surface area contributed by atoms with Crippen LogP contribution in [0.25, 0.3) is 0 Å². The largest absolute Gasteiger partial charge is 0.207 e. The third-order valence-electron chi connectivity index (χ3n) is 4.49. The van der Waals surface area contributed by atoms with Crippen molar-refractivity contribution in [3.8, 4) is 0 Å². The lowest BCUT2D eigenvalue weighted by atomic mass is 9.76. The molecular weight excluding hydrogens is 259 g/mol. The number of halogens is 2. The maximum atomic E-state index is 13.4. The van der Waals surface area contributed by atoms with Crippen molar-refractivity contribution in [2.75, 3.05) is 0 Å². The van der Waals surface area contributed by atoms with Gasteiger partial charge in [-0.3, -0.25) is 0 Å². The molecule has 3 unspecified atom stereocenters. The van der Waals surface area contributed by atoms with Crippen LogP contribution in [0.3, 0.4) is 0 Å². The van der Waals surface area contributed by atoms with E-state index in [1.165, 1.54) is 37.3 Å². The Morgan fingerprint density at radius 3 is 2.84 bits per heavy atom. The quantitative estimate of drug-likeness (QED) is 0.640. The summed E-state index contributed by atoms with van der Waals surface area (Å²) in [6.45, 7) is 4.31. The van der Waals surface area contributed by atoms with Gasteiger partial charge in [0.1, 0.15) is 5.82 Å². The number of benzene rings is 1. The highest BCUT2D eigenvalue weighted by Crippen LogP contribution is 2.37. The fraction of sp³-hybridized carbons (Fsp3) is 0.647. The summed E-state index contributed by atoms with van der Waals surface area (Å²) in [6.07, 6.45) is 7.08. The van der Waals surface area contributed by atoms with E-state index >= 15 is 0 Å². The average Bonchev–Trinajstić information content (AvgIpc) is 2.38. The highest BCUT2D eigenvalue weighted by atomic mass is 35.5. The minimum atomic E-state index is -0.132. The van der Waals surface area contributed by atoms with Crippen molar-refractivity contribution in [3.63, 3.8) is 0 Å². The molecule has 1 aliphatic carbocycles. The van der Waals surface area contributed by atoms with Gasteiger partial charge in [0, 0.05) is 5.38 Å². The van der Waals surface area contributed by atoms with Crippen LogP contribution in [0, 0.1) is 24.6 Å².